The van der Waals surface area contributed by atoms with Crippen LogP contribution in [0.15, 0.2) is 60.7 Å². The van der Waals surface area contributed by atoms with Gasteiger partial charge in [-0.2, -0.15) is 0 Å². The van der Waals surface area contributed by atoms with Crippen LogP contribution in [0.3, 0.4) is 0 Å². The highest BCUT2D eigenvalue weighted by molar-refractivity contribution is 7.46. The SMILES string of the molecule is O=P(O)(O)OCCCC(c1ccccc1)c1ccccc1. The second kappa shape index (κ2) is 7.53. The third-order valence-electron chi connectivity index (χ3n) is 3.30. The van der Waals surface area contributed by atoms with Crippen molar-refractivity contribution in [1.82, 2.24) is 0 Å². The van der Waals surface area contributed by atoms with E-state index in [1.165, 1.54) is 11.1 Å². The predicted molar refractivity (Wildman–Crippen MR) is 82.0 cm³/mol. The molecule has 0 saturated heterocycles. The molecule has 4 nitrogen and oxygen atoms in total. The summed E-state index contributed by atoms with van der Waals surface area (Å²) in [5.41, 5.74) is 2.39. The summed E-state index contributed by atoms with van der Waals surface area (Å²) in [7, 11) is -4.37. The molecule has 0 aliphatic carbocycles. The fourth-order valence-corrected chi connectivity index (χ4v) is 2.73. The summed E-state index contributed by atoms with van der Waals surface area (Å²) in [4.78, 5) is 17.4. The second-order valence-electron chi connectivity index (χ2n) is 4.84. The molecule has 2 aromatic rings. The molecule has 0 aromatic heterocycles. The maximum absolute atomic E-state index is 10.7. The highest BCUT2D eigenvalue weighted by atomic mass is 31.2. The summed E-state index contributed by atoms with van der Waals surface area (Å²) >= 11 is 0. The van der Waals surface area contributed by atoms with Crippen LogP contribution in [0.5, 0.6) is 0 Å². The molecule has 112 valence electrons. The van der Waals surface area contributed by atoms with Crippen LogP contribution >= 0.6 is 7.82 Å². The van der Waals surface area contributed by atoms with Gasteiger partial charge in [-0.1, -0.05) is 60.7 Å². The van der Waals surface area contributed by atoms with E-state index in [0.717, 1.165) is 6.42 Å². The van der Waals surface area contributed by atoms with Gasteiger partial charge < -0.3 is 9.79 Å². The largest absolute Gasteiger partial charge is 0.469 e. The molecule has 0 bridgehead atoms. The third-order valence-corrected chi connectivity index (χ3v) is 3.82. The quantitative estimate of drug-likeness (QED) is 0.604. The number of benzene rings is 2. The highest BCUT2D eigenvalue weighted by Gasteiger charge is 2.16. The number of phosphoric acid groups is 1. The molecule has 2 N–H and O–H groups in total. The van der Waals surface area contributed by atoms with Crippen molar-refractivity contribution in [3.05, 3.63) is 71.8 Å². The first-order valence-corrected chi connectivity index (χ1v) is 8.39. The average Bonchev–Trinajstić information content (AvgIpc) is 2.48. The van der Waals surface area contributed by atoms with Crippen molar-refractivity contribution in [2.45, 2.75) is 18.8 Å². The Morgan fingerprint density at radius 2 is 1.38 bits per heavy atom. The molecule has 0 amide bonds. The van der Waals surface area contributed by atoms with Gasteiger partial charge in [0.1, 0.15) is 0 Å². The van der Waals surface area contributed by atoms with Crippen LogP contribution in [-0.2, 0) is 9.09 Å². The first-order chi connectivity index (χ1) is 10.1. The summed E-state index contributed by atoms with van der Waals surface area (Å²) in [5, 5.41) is 0. The fourth-order valence-electron chi connectivity index (χ4n) is 2.37. The Kier molecular flexibility index (Phi) is 5.71. The van der Waals surface area contributed by atoms with E-state index >= 15 is 0 Å². The minimum Gasteiger partial charge on any atom is -0.303 e. The molecule has 0 saturated carbocycles. The van der Waals surface area contributed by atoms with Gasteiger partial charge in [0, 0.05) is 5.92 Å². The number of rotatable bonds is 7. The number of phosphoric ester groups is 1. The summed E-state index contributed by atoms with van der Waals surface area (Å²) in [6, 6.07) is 20.2. The maximum atomic E-state index is 10.7. The van der Waals surface area contributed by atoms with E-state index in [9.17, 15) is 4.57 Å². The topological polar surface area (TPSA) is 66.8 Å². The Hall–Kier alpha value is -1.45. The van der Waals surface area contributed by atoms with Gasteiger partial charge in [-0.3, -0.25) is 4.52 Å². The van der Waals surface area contributed by atoms with Crippen LogP contribution in [0.1, 0.15) is 29.9 Å². The molecule has 0 atom stereocenters. The van der Waals surface area contributed by atoms with Crippen LogP contribution in [0.25, 0.3) is 0 Å². The molecular weight excluding hydrogens is 287 g/mol. The lowest BCUT2D eigenvalue weighted by Gasteiger charge is -2.18. The van der Waals surface area contributed by atoms with Gasteiger partial charge in [0.2, 0.25) is 0 Å². The zero-order valence-electron chi connectivity index (χ0n) is 11.6. The molecule has 21 heavy (non-hydrogen) atoms. The van der Waals surface area contributed by atoms with E-state index in [-0.39, 0.29) is 12.5 Å². The van der Waals surface area contributed by atoms with Crippen LogP contribution in [0, 0.1) is 0 Å². The molecule has 0 spiro atoms. The second-order valence-corrected chi connectivity index (χ2v) is 6.08. The minimum atomic E-state index is -4.37. The van der Waals surface area contributed by atoms with E-state index in [0.29, 0.717) is 6.42 Å². The Labute approximate surface area is 124 Å². The summed E-state index contributed by atoms with van der Waals surface area (Å²) < 4.78 is 15.2. The van der Waals surface area contributed by atoms with Crippen LogP contribution < -0.4 is 0 Å². The molecule has 0 radical (unpaired) electrons. The van der Waals surface area contributed by atoms with Gasteiger partial charge in [-0.15, -0.1) is 0 Å². The van der Waals surface area contributed by atoms with Crippen molar-refractivity contribution in [1.29, 1.82) is 0 Å². The maximum Gasteiger partial charge on any atom is 0.469 e. The molecule has 0 aliphatic rings. The zero-order valence-corrected chi connectivity index (χ0v) is 12.5. The van der Waals surface area contributed by atoms with E-state index < -0.39 is 7.82 Å². The normalized spacial score (nSPS) is 11.8. The summed E-state index contributed by atoms with van der Waals surface area (Å²) in [5.74, 6) is 0.202. The molecule has 2 aromatic carbocycles. The zero-order chi connectivity index (χ0) is 15.1. The smallest absolute Gasteiger partial charge is 0.303 e. The monoisotopic (exact) mass is 306 g/mol. The minimum absolute atomic E-state index is 0.0560. The molecular formula is C16H19O4P. The van der Waals surface area contributed by atoms with Crippen molar-refractivity contribution < 1.29 is 18.9 Å². The summed E-state index contributed by atoms with van der Waals surface area (Å²) in [6.45, 7) is 0.0560. The van der Waals surface area contributed by atoms with Crippen molar-refractivity contribution in [3.63, 3.8) is 0 Å². The van der Waals surface area contributed by atoms with Crippen molar-refractivity contribution in [3.8, 4) is 0 Å². The molecule has 0 aliphatic heterocycles. The van der Waals surface area contributed by atoms with E-state index in [2.05, 4.69) is 28.8 Å². The van der Waals surface area contributed by atoms with E-state index in [4.69, 9.17) is 9.79 Å². The Morgan fingerprint density at radius 3 is 1.81 bits per heavy atom. The number of hydrogen-bond donors (Lipinski definition) is 2. The lowest BCUT2D eigenvalue weighted by molar-refractivity contribution is 0.193. The first-order valence-electron chi connectivity index (χ1n) is 6.86. The van der Waals surface area contributed by atoms with Gasteiger partial charge >= 0.3 is 7.82 Å². The van der Waals surface area contributed by atoms with Crippen molar-refractivity contribution >= 4 is 7.82 Å². The van der Waals surface area contributed by atoms with Crippen molar-refractivity contribution in [2.75, 3.05) is 6.61 Å². The molecule has 5 heteroatoms. The van der Waals surface area contributed by atoms with Crippen LogP contribution in [0.4, 0.5) is 0 Å². The van der Waals surface area contributed by atoms with Gasteiger partial charge in [0.25, 0.3) is 0 Å². The Bertz CT molecular complexity index is 540. The van der Waals surface area contributed by atoms with Gasteiger partial charge in [0.15, 0.2) is 0 Å². The van der Waals surface area contributed by atoms with Gasteiger partial charge in [0.05, 0.1) is 6.61 Å². The molecule has 2 rings (SSSR count). The van der Waals surface area contributed by atoms with Crippen molar-refractivity contribution in [2.24, 2.45) is 0 Å². The average molecular weight is 306 g/mol. The van der Waals surface area contributed by atoms with E-state index in [1.54, 1.807) is 0 Å². The Balaban J connectivity index is 2.05. The highest BCUT2D eigenvalue weighted by Crippen LogP contribution is 2.36. The standard InChI is InChI=1S/C16H19O4P/c17-21(18,19)20-13-7-12-16(14-8-3-1-4-9-14)15-10-5-2-6-11-15/h1-6,8-11,16H,7,12-13H2,(H2,17,18,19). The van der Waals surface area contributed by atoms with Crippen LogP contribution in [-0.4, -0.2) is 16.4 Å². The third kappa shape index (κ3) is 5.44. The Morgan fingerprint density at radius 1 is 0.905 bits per heavy atom. The van der Waals surface area contributed by atoms with E-state index in [1.807, 2.05) is 36.4 Å². The molecule has 0 unspecified atom stereocenters. The first kappa shape index (κ1) is 15.9. The van der Waals surface area contributed by atoms with Gasteiger partial charge in [-0.25, -0.2) is 4.57 Å². The lowest BCUT2D eigenvalue weighted by Crippen LogP contribution is -2.03. The van der Waals surface area contributed by atoms with Gasteiger partial charge in [-0.05, 0) is 24.0 Å². The van der Waals surface area contributed by atoms with Crippen LogP contribution in [0.2, 0.25) is 0 Å². The number of hydrogen-bond acceptors (Lipinski definition) is 2. The summed E-state index contributed by atoms with van der Waals surface area (Å²) in [6.07, 6.45) is 1.35. The predicted octanol–water partition coefficient (Wildman–Crippen LogP) is 3.71. The molecule has 0 fully saturated rings. The molecule has 0 heterocycles. The fraction of sp³-hybridized carbons (Fsp3) is 0.250. The lowest BCUT2D eigenvalue weighted by atomic mass is 9.88.